The minimum Gasteiger partial charge on any atom is -0.325 e. The van der Waals surface area contributed by atoms with Gasteiger partial charge in [0, 0.05) is 17.9 Å². The molecule has 3 heteroatoms. The molecule has 0 spiro atoms. The molecule has 0 atom stereocenters. The van der Waals surface area contributed by atoms with Crippen molar-refractivity contribution in [1.29, 1.82) is 0 Å². The van der Waals surface area contributed by atoms with E-state index in [1.165, 1.54) is 36.9 Å². The van der Waals surface area contributed by atoms with E-state index in [-0.39, 0.29) is 0 Å². The molecule has 0 bridgehead atoms. The summed E-state index contributed by atoms with van der Waals surface area (Å²) in [5.74, 6) is 1.00. The molecule has 1 N–H and O–H groups in total. The predicted octanol–water partition coefficient (Wildman–Crippen LogP) is 5.00. The molecule has 0 saturated heterocycles. The second-order valence-electron chi connectivity index (χ2n) is 6.08. The van der Waals surface area contributed by atoms with Crippen molar-refractivity contribution in [2.24, 2.45) is 0 Å². The molecule has 0 unspecified atom stereocenters. The topological polar surface area (TPSA) is 29.9 Å². The first-order chi connectivity index (χ1) is 10.3. The molecule has 0 radical (unpaired) electrons. The number of hydrogen-bond acceptors (Lipinski definition) is 2. The van der Waals surface area contributed by atoms with Crippen molar-refractivity contribution in [2.45, 2.75) is 58.4 Å². The maximum Gasteiger partial charge on any atom is 0.207 e. The molecule has 2 aromatic rings. The van der Waals surface area contributed by atoms with Gasteiger partial charge in [-0.2, -0.15) is 0 Å². The van der Waals surface area contributed by atoms with Gasteiger partial charge in [0.1, 0.15) is 0 Å². The summed E-state index contributed by atoms with van der Waals surface area (Å²) in [5, 5.41) is 3.58. The van der Waals surface area contributed by atoms with Gasteiger partial charge in [-0.15, -0.1) is 0 Å². The Morgan fingerprint density at radius 3 is 2.76 bits per heavy atom. The number of aryl methyl sites for hydroxylation is 2. The minimum atomic E-state index is 0.618. The summed E-state index contributed by atoms with van der Waals surface area (Å²) in [4.78, 5) is 4.70. The van der Waals surface area contributed by atoms with Gasteiger partial charge in [-0.1, -0.05) is 44.4 Å². The Hall–Kier alpha value is -1.77. The summed E-state index contributed by atoms with van der Waals surface area (Å²) in [6.45, 7) is 4.30. The SMILES string of the molecule is CCCc1ccccc1Nc1nc(C)cn1C1CCCC1. The molecule has 1 aliphatic carbocycles. The summed E-state index contributed by atoms with van der Waals surface area (Å²) >= 11 is 0. The van der Waals surface area contributed by atoms with Crippen LogP contribution in [0.2, 0.25) is 0 Å². The van der Waals surface area contributed by atoms with Crippen molar-refractivity contribution in [2.75, 3.05) is 5.32 Å². The third kappa shape index (κ3) is 3.12. The number of nitrogens with zero attached hydrogens (tertiary/aromatic N) is 2. The smallest absolute Gasteiger partial charge is 0.207 e. The first-order valence-corrected chi connectivity index (χ1v) is 8.18. The van der Waals surface area contributed by atoms with Crippen LogP contribution in [0, 0.1) is 6.92 Å². The third-order valence-electron chi connectivity index (χ3n) is 4.35. The fraction of sp³-hybridized carbons (Fsp3) is 0.500. The lowest BCUT2D eigenvalue weighted by Gasteiger charge is -2.17. The average Bonchev–Trinajstić information content (AvgIpc) is 3.11. The van der Waals surface area contributed by atoms with Crippen LogP contribution < -0.4 is 5.32 Å². The van der Waals surface area contributed by atoms with E-state index in [0.29, 0.717) is 6.04 Å². The summed E-state index contributed by atoms with van der Waals surface area (Å²) in [6, 6.07) is 9.20. The molecule has 112 valence electrons. The van der Waals surface area contributed by atoms with E-state index in [9.17, 15) is 0 Å². The molecular weight excluding hydrogens is 258 g/mol. The lowest BCUT2D eigenvalue weighted by Crippen LogP contribution is -2.08. The Morgan fingerprint density at radius 2 is 2.00 bits per heavy atom. The summed E-state index contributed by atoms with van der Waals surface area (Å²) in [6.07, 6.45) is 9.70. The molecule has 1 fully saturated rings. The molecule has 1 aliphatic rings. The van der Waals surface area contributed by atoms with Crippen molar-refractivity contribution in [3.05, 3.63) is 41.7 Å². The van der Waals surface area contributed by atoms with Gasteiger partial charge >= 0.3 is 0 Å². The van der Waals surface area contributed by atoms with Crippen LogP contribution in [-0.2, 0) is 6.42 Å². The summed E-state index contributed by atoms with van der Waals surface area (Å²) in [5.41, 5.74) is 3.67. The summed E-state index contributed by atoms with van der Waals surface area (Å²) < 4.78 is 2.35. The Kier molecular flexibility index (Phi) is 4.28. The molecule has 1 aromatic carbocycles. The first kappa shape index (κ1) is 14.2. The molecule has 0 amide bonds. The van der Waals surface area contributed by atoms with Crippen LogP contribution in [0.5, 0.6) is 0 Å². The Labute approximate surface area is 127 Å². The number of imidazole rings is 1. The predicted molar refractivity (Wildman–Crippen MR) is 88.2 cm³/mol. The van der Waals surface area contributed by atoms with Gasteiger partial charge in [-0.05, 0) is 37.8 Å². The number of anilines is 2. The van der Waals surface area contributed by atoms with E-state index >= 15 is 0 Å². The van der Waals surface area contributed by atoms with E-state index < -0.39 is 0 Å². The van der Waals surface area contributed by atoms with Crippen LogP contribution in [0.15, 0.2) is 30.5 Å². The van der Waals surface area contributed by atoms with Crippen molar-refractivity contribution in [1.82, 2.24) is 9.55 Å². The molecular formula is C18H25N3. The highest BCUT2D eigenvalue weighted by Gasteiger charge is 2.20. The van der Waals surface area contributed by atoms with E-state index in [2.05, 4.69) is 54.2 Å². The van der Waals surface area contributed by atoms with Gasteiger partial charge in [0.05, 0.1) is 5.69 Å². The molecule has 21 heavy (non-hydrogen) atoms. The lowest BCUT2D eigenvalue weighted by atomic mass is 10.1. The van der Waals surface area contributed by atoms with E-state index in [4.69, 9.17) is 4.98 Å². The minimum absolute atomic E-state index is 0.618. The van der Waals surface area contributed by atoms with Crippen molar-refractivity contribution in [3.63, 3.8) is 0 Å². The normalized spacial score (nSPS) is 15.5. The van der Waals surface area contributed by atoms with Gasteiger partial charge in [0.2, 0.25) is 5.95 Å². The van der Waals surface area contributed by atoms with Gasteiger partial charge < -0.3 is 9.88 Å². The highest BCUT2D eigenvalue weighted by Crippen LogP contribution is 2.33. The van der Waals surface area contributed by atoms with E-state index in [1.54, 1.807) is 0 Å². The Bertz CT molecular complexity index is 594. The highest BCUT2D eigenvalue weighted by atomic mass is 15.2. The standard InChI is InChI=1S/C18H25N3/c1-3-8-15-9-4-7-12-17(15)20-18-19-14(2)13-21(18)16-10-5-6-11-16/h4,7,9,12-13,16H,3,5-6,8,10-11H2,1-2H3,(H,19,20). The fourth-order valence-electron chi connectivity index (χ4n) is 3.32. The second-order valence-corrected chi connectivity index (χ2v) is 6.08. The molecule has 3 nitrogen and oxygen atoms in total. The Morgan fingerprint density at radius 1 is 1.24 bits per heavy atom. The number of nitrogens with one attached hydrogen (secondary N) is 1. The van der Waals surface area contributed by atoms with Gasteiger partial charge in [0.25, 0.3) is 0 Å². The van der Waals surface area contributed by atoms with Crippen LogP contribution in [0.1, 0.15) is 56.3 Å². The molecule has 1 heterocycles. The number of benzene rings is 1. The van der Waals surface area contributed by atoms with Gasteiger partial charge in [-0.25, -0.2) is 4.98 Å². The molecule has 1 aromatic heterocycles. The van der Waals surface area contributed by atoms with Crippen LogP contribution in [0.3, 0.4) is 0 Å². The lowest BCUT2D eigenvalue weighted by molar-refractivity contribution is 0.524. The quantitative estimate of drug-likeness (QED) is 0.836. The third-order valence-corrected chi connectivity index (χ3v) is 4.35. The zero-order valence-corrected chi connectivity index (χ0v) is 13.1. The zero-order chi connectivity index (χ0) is 14.7. The van der Waals surface area contributed by atoms with Gasteiger partial charge in [-0.3, -0.25) is 0 Å². The maximum absolute atomic E-state index is 4.70. The van der Waals surface area contributed by atoms with Crippen molar-refractivity contribution >= 4 is 11.6 Å². The first-order valence-electron chi connectivity index (χ1n) is 8.18. The second kappa shape index (κ2) is 6.33. The number of hydrogen-bond donors (Lipinski definition) is 1. The van der Waals surface area contributed by atoms with Crippen LogP contribution in [-0.4, -0.2) is 9.55 Å². The number of para-hydroxylation sites is 1. The van der Waals surface area contributed by atoms with Gasteiger partial charge in [0.15, 0.2) is 0 Å². The fourth-order valence-corrected chi connectivity index (χ4v) is 3.32. The average molecular weight is 283 g/mol. The van der Waals surface area contributed by atoms with Crippen LogP contribution in [0.25, 0.3) is 0 Å². The molecule has 0 aliphatic heterocycles. The molecule has 3 rings (SSSR count). The largest absolute Gasteiger partial charge is 0.325 e. The number of rotatable bonds is 5. The van der Waals surface area contributed by atoms with E-state index in [0.717, 1.165) is 24.5 Å². The Balaban J connectivity index is 1.88. The van der Waals surface area contributed by atoms with Crippen molar-refractivity contribution in [3.8, 4) is 0 Å². The zero-order valence-electron chi connectivity index (χ0n) is 13.1. The highest BCUT2D eigenvalue weighted by molar-refractivity contribution is 5.59. The number of aromatic nitrogens is 2. The van der Waals surface area contributed by atoms with Crippen LogP contribution in [0.4, 0.5) is 11.6 Å². The van der Waals surface area contributed by atoms with Crippen molar-refractivity contribution < 1.29 is 0 Å². The molecule has 1 saturated carbocycles. The maximum atomic E-state index is 4.70. The van der Waals surface area contributed by atoms with Crippen LogP contribution >= 0.6 is 0 Å². The monoisotopic (exact) mass is 283 g/mol. The van der Waals surface area contributed by atoms with E-state index in [1.807, 2.05) is 0 Å². The summed E-state index contributed by atoms with van der Waals surface area (Å²) in [7, 11) is 0.